The molecule has 1 N–H and O–H groups in total. The second-order valence-corrected chi connectivity index (χ2v) is 8.97. The van der Waals surface area contributed by atoms with E-state index in [2.05, 4.69) is 41.1 Å². The number of aldehydes is 1. The van der Waals surface area contributed by atoms with E-state index < -0.39 is 5.82 Å². The molecule has 1 aliphatic heterocycles. The number of hydrogen-bond donors (Lipinski definition) is 1. The summed E-state index contributed by atoms with van der Waals surface area (Å²) in [6.07, 6.45) is 6.84. The average molecular weight is 461 g/mol. The third-order valence-corrected chi connectivity index (χ3v) is 6.22. The molecule has 0 atom stereocenters. The van der Waals surface area contributed by atoms with Crippen LogP contribution in [0.1, 0.15) is 43.6 Å². The van der Waals surface area contributed by atoms with Crippen molar-refractivity contribution in [3.8, 4) is 17.4 Å². The lowest BCUT2D eigenvalue weighted by atomic mass is 9.95. The Balaban J connectivity index is 0.000000269. The fourth-order valence-electron chi connectivity index (χ4n) is 3.10. The third-order valence-electron chi connectivity index (χ3n) is 5.24. The Bertz CT molecular complexity index is 1040. The number of fused-ring (bicyclic) bond motifs is 1. The Morgan fingerprint density at radius 2 is 2.09 bits per heavy atom. The molecule has 0 amide bonds. The highest BCUT2D eigenvalue weighted by Gasteiger charge is 2.24. The summed E-state index contributed by atoms with van der Waals surface area (Å²) >= 11 is 2.07. The van der Waals surface area contributed by atoms with Gasteiger partial charge < -0.3 is 14.8 Å². The number of thioether (sulfide) groups is 1. The highest BCUT2D eigenvalue weighted by atomic mass is 32.2. The van der Waals surface area contributed by atoms with E-state index in [1.165, 1.54) is 30.4 Å². The highest BCUT2D eigenvalue weighted by Crippen LogP contribution is 2.30. The molecule has 1 aliphatic rings. The van der Waals surface area contributed by atoms with Crippen LogP contribution in [-0.2, 0) is 0 Å². The van der Waals surface area contributed by atoms with Crippen LogP contribution in [0, 0.1) is 5.82 Å². The summed E-state index contributed by atoms with van der Waals surface area (Å²) < 4.78 is 26.0. The van der Waals surface area contributed by atoms with Crippen LogP contribution in [-0.4, -0.2) is 51.6 Å². The number of carbonyl (C=O) groups excluding carboxylic acids is 1. The molecule has 4 rings (SSSR count). The maximum Gasteiger partial charge on any atom is 0.262 e. The Kier molecular flexibility index (Phi) is 8.46. The molecule has 9 heteroatoms. The number of aromatic nitrogens is 3. The zero-order valence-corrected chi connectivity index (χ0v) is 19.5. The summed E-state index contributed by atoms with van der Waals surface area (Å²) in [5, 5.41) is 7.42. The van der Waals surface area contributed by atoms with Gasteiger partial charge in [-0.3, -0.25) is 4.79 Å². The number of carbonyl (C=O) groups is 1. The van der Waals surface area contributed by atoms with Gasteiger partial charge in [-0.05, 0) is 56.9 Å². The van der Waals surface area contributed by atoms with Gasteiger partial charge in [-0.1, -0.05) is 6.92 Å². The molecule has 7 nitrogen and oxygen atoms in total. The van der Waals surface area contributed by atoms with E-state index in [1.54, 1.807) is 28.9 Å². The van der Waals surface area contributed by atoms with Crippen molar-refractivity contribution in [3.63, 3.8) is 0 Å². The molecule has 0 radical (unpaired) electrons. The van der Waals surface area contributed by atoms with E-state index >= 15 is 0 Å². The molecule has 172 valence electrons. The van der Waals surface area contributed by atoms with Crippen LogP contribution in [0.3, 0.4) is 0 Å². The first-order valence-corrected chi connectivity index (χ1v) is 11.8. The van der Waals surface area contributed by atoms with Crippen molar-refractivity contribution in [2.75, 3.05) is 25.2 Å². The van der Waals surface area contributed by atoms with Gasteiger partial charge in [0.05, 0.1) is 18.3 Å². The number of pyridine rings is 2. The maximum atomic E-state index is 13.3. The van der Waals surface area contributed by atoms with Crippen molar-refractivity contribution < 1.29 is 18.7 Å². The zero-order chi connectivity index (χ0) is 23.0. The smallest absolute Gasteiger partial charge is 0.262 e. The van der Waals surface area contributed by atoms with Gasteiger partial charge >= 0.3 is 0 Å². The summed E-state index contributed by atoms with van der Waals surface area (Å²) in [4.78, 5) is 14.7. The Morgan fingerprint density at radius 1 is 1.31 bits per heavy atom. The molecule has 0 bridgehead atoms. The first-order valence-electron chi connectivity index (χ1n) is 10.6. The Morgan fingerprint density at radius 3 is 2.75 bits per heavy atom. The summed E-state index contributed by atoms with van der Waals surface area (Å²) in [5.41, 5.74) is 1.47. The SMILES string of the molecule is CCCOc1cc(F)cnc1Oc1ccn2nc(C=O)cc2c1.CNC1(C)CCSCC1. The van der Waals surface area contributed by atoms with Gasteiger partial charge in [-0.15, -0.1) is 0 Å². The van der Waals surface area contributed by atoms with Gasteiger partial charge in [-0.25, -0.2) is 13.9 Å². The molecule has 32 heavy (non-hydrogen) atoms. The predicted octanol–water partition coefficient (Wildman–Crippen LogP) is 4.75. The maximum absolute atomic E-state index is 13.3. The number of nitrogens with one attached hydrogen (secondary N) is 1. The van der Waals surface area contributed by atoms with E-state index in [0.29, 0.717) is 35.4 Å². The molecular weight excluding hydrogens is 431 g/mol. The summed E-state index contributed by atoms with van der Waals surface area (Å²) in [5.74, 6) is 3.07. The first-order chi connectivity index (χ1) is 15.5. The minimum absolute atomic E-state index is 0.180. The van der Waals surface area contributed by atoms with E-state index in [-0.39, 0.29) is 11.6 Å². The largest absolute Gasteiger partial charge is 0.488 e. The van der Waals surface area contributed by atoms with Crippen LogP contribution < -0.4 is 14.8 Å². The predicted molar refractivity (Wildman–Crippen MR) is 125 cm³/mol. The van der Waals surface area contributed by atoms with Crippen molar-refractivity contribution in [2.24, 2.45) is 0 Å². The standard InChI is InChI=1S/C16H14FN3O3.C7H15NS/c1-2-5-22-15-6-11(17)9-18-16(15)23-14-3-4-20-13(8-14)7-12(10-21)19-20;1-7(8-2)3-5-9-6-4-7/h3-4,6-10H,2,5H2,1H3;8H,3-6H2,1-2H3. The number of halogens is 1. The molecule has 0 saturated carbocycles. The summed E-state index contributed by atoms with van der Waals surface area (Å²) in [6.45, 7) is 4.70. The third kappa shape index (κ3) is 6.43. The van der Waals surface area contributed by atoms with Gasteiger partial charge in [-0.2, -0.15) is 16.9 Å². The second-order valence-electron chi connectivity index (χ2n) is 7.75. The van der Waals surface area contributed by atoms with E-state index in [9.17, 15) is 9.18 Å². The lowest BCUT2D eigenvalue weighted by molar-refractivity contribution is 0.111. The fraction of sp³-hybridized carbons (Fsp3) is 0.435. The fourth-order valence-corrected chi connectivity index (χ4v) is 4.49. The first kappa shape index (κ1) is 24.0. The summed E-state index contributed by atoms with van der Waals surface area (Å²) in [7, 11) is 2.07. The minimum Gasteiger partial charge on any atom is -0.488 e. The average Bonchev–Trinajstić information content (AvgIpc) is 3.23. The van der Waals surface area contributed by atoms with E-state index in [0.717, 1.165) is 12.6 Å². The second kappa shape index (κ2) is 11.3. The highest BCUT2D eigenvalue weighted by molar-refractivity contribution is 7.99. The van der Waals surface area contributed by atoms with E-state index in [4.69, 9.17) is 9.47 Å². The topological polar surface area (TPSA) is 77.8 Å². The molecule has 1 saturated heterocycles. The monoisotopic (exact) mass is 460 g/mol. The molecule has 0 spiro atoms. The van der Waals surface area contributed by atoms with Gasteiger partial charge in [0.2, 0.25) is 0 Å². The van der Waals surface area contributed by atoms with Crippen molar-refractivity contribution >= 4 is 23.6 Å². The van der Waals surface area contributed by atoms with Crippen molar-refractivity contribution in [1.82, 2.24) is 19.9 Å². The van der Waals surface area contributed by atoms with Gasteiger partial charge in [0.25, 0.3) is 5.88 Å². The van der Waals surface area contributed by atoms with Crippen LogP contribution in [0.15, 0.2) is 36.7 Å². The molecular formula is C23H29FN4O3S. The number of hydrogen-bond acceptors (Lipinski definition) is 7. The lowest BCUT2D eigenvalue weighted by Gasteiger charge is -2.32. The van der Waals surface area contributed by atoms with Crippen LogP contribution in [0.5, 0.6) is 17.4 Å². The molecule has 0 aromatic carbocycles. The van der Waals surface area contributed by atoms with Crippen molar-refractivity contribution in [3.05, 3.63) is 48.2 Å². The number of ether oxygens (including phenoxy) is 2. The molecule has 0 aliphatic carbocycles. The normalized spacial score (nSPS) is 15.0. The molecule has 3 aromatic rings. The molecule has 0 unspecified atom stereocenters. The van der Waals surface area contributed by atoms with Crippen LogP contribution in [0.25, 0.3) is 5.52 Å². The number of rotatable bonds is 7. The van der Waals surface area contributed by atoms with Gasteiger partial charge in [0, 0.05) is 23.9 Å². The van der Waals surface area contributed by atoms with Crippen molar-refractivity contribution in [1.29, 1.82) is 0 Å². The molecule has 3 aromatic heterocycles. The van der Waals surface area contributed by atoms with Gasteiger partial charge in [0.1, 0.15) is 17.3 Å². The zero-order valence-electron chi connectivity index (χ0n) is 18.6. The van der Waals surface area contributed by atoms with Crippen molar-refractivity contribution in [2.45, 2.75) is 38.6 Å². The van der Waals surface area contributed by atoms with Crippen LogP contribution in [0.4, 0.5) is 4.39 Å². The van der Waals surface area contributed by atoms with Crippen LogP contribution >= 0.6 is 11.8 Å². The molecule has 4 heterocycles. The number of nitrogens with zero attached hydrogens (tertiary/aromatic N) is 3. The molecule has 1 fully saturated rings. The summed E-state index contributed by atoms with van der Waals surface area (Å²) in [6, 6.07) is 6.24. The van der Waals surface area contributed by atoms with E-state index in [1.807, 2.05) is 6.92 Å². The lowest BCUT2D eigenvalue weighted by Crippen LogP contribution is -2.42. The quantitative estimate of drug-likeness (QED) is 0.510. The Hall–Kier alpha value is -2.65. The Labute approximate surface area is 191 Å². The van der Waals surface area contributed by atoms with Crippen LogP contribution in [0.2, 0.25) is 0 Å². The minimum atomic E-state index is -0.495. The van der Waals surface area contributed by atoms with Gasteiger partial charge in [0.15, 0.2) is 12.0 Å².